The van der Waals surface area contributed by atoms with Gasteiger partial charge in [0.25, 0.3) is 0 Å². The summed E-state index contributed by atoms with van der Waals surface area (Å²) in [6, 6.07) is 0. The Morgan fingerprint density at radius 3 is 2.94 bits per heavy atom. The second-order valence-electron chi connectivity index (χ2n) is 4.01. The van der Waals surface area contributed by atoms with E-state index in [-0.39, 0.29) is 24.4 Å². The third kappa shape index (κ3) is 3.03. The van der Waals surface area contributed by atoms with Crippen LogP contribution in [0.1, 0.15) is 37.6 Å². The fourth-order valence-electron chi connectivity index (χ4n) is 1.65. The summed E-state index contributed by atoms with van der Waals surface area (Å²) in [6.45, 7) is 2.55. The quantitative estimate of drug-likeness (QED) is 0.697. The number of hydrogen-bond donors (Lipinski definition) is 0. The van der Waals surface area contributed by atoms with Gasteiger partial charge in [0, 0.05) is 6.61 Å². The minimum Gasteiger partial charge on any atom is -0.469 e. The van der Waals surface area contributed by atoms with Crippen LogP contribution in [0.3, 0.4) is 0 Å². The van der Waals surface area contributed by atoms with E-state index in [9.17, 15) is 4.79 Å². The number of esters is 1. The van der Waals surface area contributed by atoms with E-state index in [1.807, 2.05) is 6.92 Å². The van der Waals surface area contributed by atoms with Gasteiger partial charge in [0.15, 0.2) is 0 Å². The van der Waals surface area contributed by atoms with E-state index in [1.165, 1.54) is 7.11 Å². The van der Waals surface area contributed by atoms with Crippen LogP contribution >= 0.6 is 0 Å². The van der Waals surface area contributed by atoms with Crippen molar-refractivity contribution in [3.63, 3.8) is 0 Å². The number of aromatic nitrogens is 2. The summed E-state index contributed by atoms with van der Waals surface area (Å²) in [5.74, 6) is 0.906. The molecule has 1 unspecified atom stereocenters. The average Bonchev–Trinajstić information content (AvgIpc) is 3.06. The van der Waals surface area contributed by atoms with Gasteiger partial charge in [0.1, 0.15) is 12.5 Å². The number of ether oxygens (including phenoxy) is 2. The Morgan fingerprint density at radius 1 is 1.59 bits per heavy atom. The van der Waals surface area contributed by atoms with Crippen molar-refractivity contribution in [2.75, 3.05) is 13.7 Å². The van der Waals surface area contributed by atoms with Crippen LogP contribution in [0, 0.1) is 5.92 Å². The molecule has 1 fully saturated rings. The molecule has 6 heteroatoms. The van der Waals surface area contributed by atoms with Crippen molar-refractivity contribution in [1.82, 2.24) is 10.1 Å². The molecule has 6 nitrogen and oxygen atoms in total. The van der Waals surface area contributed by atoms with Crippen LogP contribution in [0.25, 0.3) is 0 Å². The van der Waals surface area contributed by atoms with Crippen LogP contribution < -0.4 is 0 Å². The fourth-order valence-corrected chi connectivity index (χ4v) is 1.65. The maximum atomic E-state index is 11.1. The summed E-state index contributed by atoms with van der Waals surface area (Å²) < 4.78 is 15.1. The van der Waals surface area contributed by atoms with Crippen molar-refractivity contribution in [3.05, 3.63) is 11.7 Å². The van der Waals surface area contributed by atoms with Crippen molar-refractivity contribution >= 4 is 5.97 Å². The first-order chi connectivity index (χ1) is 8.24. The first kappa shape index (κ1) is 12.0. The van der Waals surface area contributed by atoms with Gasteiger partial charge < -0.3 is 14.0 Å². The van der Waals surface area contributed by atoms with Gasteiger partial charge in [-0.25, -0.2) is 0 Å². The number of carbonyl (C=O) groups is 1. The molecule has 0 aliphatic heterocycles. The molecule has 0 aromatic carbocycles. The molecule has 1 heterocycles. The highest BCUT2D eigenvalue weighted by atomic mass is 16.5. The molecule has 1 aliphatic carbocycles. The van der Waals surface area contributed by atoms with E-state index in [0.717, 1.165) is 12.8 Å². The van der Waals surface area contributed by atoms with Crippen molar-refractivity contribution in [2.24, 2.45) is 5.92 Å². The standard InChI is InChI=1S/C11H16N2O4/c1-3-16-10(7-4-5-7)11-12-8(17-13-11)6-9(14)15-2/h7,10H,3-6H2,1-2H3. The molecule has 94 valence electrons. The molecule has 0 N–H and O–H groups in total. The van der Waals surface area contributed by atoms with Crippen molar-refractivity contribution in [3.8, 4) is 0 Å². The van der Waals surface area contributed by atoms with Crippen molar-refractivity contribution in [2.45, 2.75) is 32.3 Å². The molecule has 0 spiro atoms. The van der Waals surface area contributed by atoms with E-state index < -0.39 is 0 Å². The predicted octanol–water partition coefficient (Wildman–Crippen LogP) is 1.27. The monoisotopic (exact) mass is 240 g/mol. The largest absolute Gasteiger partial charge is 0.469 e. The van der Waals surface area contributed by atoms with Gasteiger partial charge in [-0.15, -0.1) is 0 Å². The van der Waals surface area contributed by atoms with Gasteiger partial charge in [-0.3, -0.25) is 4.79 Å². The summed E-state index contributed by atoms with van der Waals surface area (Å²) in [4.78, 5) is 15.2. The van der Waals surface area contributed by atoms with Crippen LogP contribution in [0.5, 0.6) is 0 Å². The molecule has 1 saturated carbocycles. The third-order valence-corrected chi connectivity index (χ3v) is 2.66. The minimum absolute atomic E-state index is 0.00696. The Bertz CT molecular complexity index is 387. The Labute approximate surface area is 99.3 Å². The normalized spacial score (nSPS) is 16.8. The second-order valence-corrected chi connectivity index (χ2v) is 4.01. The number of rotatable bonds is 6. The minimum atomic E-state index is -0.389. The summed E-state index contributed by atoms with van der Waals surface area (Å²) in [5, 5.41) is 3.86. The Balaban J connectivity index is 2.02. The lowest BCUT2D eigenvalue weighted by molar-refractivity contribution is -0.140. The first-order valence-electron chi connectivity index (χ1n) is 5.75. The third-order valence-electron chi connectivity index (χ3n) is 2.66. The Kier molecular flexibility index (Phi) is 3.73. The molecule has 1 aliphatic rings. The summed E-state index contributed by atoms with van der Waals surface area (Å²) >= 11 is 0. The van der Waals surface area contributed by atoms with Gasteiger partial charge in [0.05, 0.1) is 7.11 Å². The van der Waals surface area contributed by atoms with Crippen molar-refractivity contribution in [1.29, 1.82) is 0 Å². The molecule has 0 saturated heterocycles. The van der Waals surface area contributed by atoms with Crippen LogP contribution in [-0.4, -0.2) is 29.8 Å². The number of hydrogen-bond acceptors (Lipinski definition) is 6. The molecular formula is C11H16N2O4. The van der Waals surface area contributed by atoms with E-state index >= 15 is 0 Å². The highest BCUT2D eigenvalue weighted by Gasteiger charge is 2.36. The molecule has 0 bridgehead atoms. The topological polar surface area (TPSA) is 74.5 Å². The molecule has 0 amide bonds. The fraction of sp³-hybridized carbons (Fsp3) is 0.727. The van der Waals surface area contributed by atoms with Gasteiger partial charge in [-0.2, -0.15) is 4.98 Å². The lowest BCUT2D eigenvalue weighted by atomic mass is 10.2. The molecule has 1 aromatic heterocycles. The van der Waals surface area contributed by atoms with Gasteiger partial charge in [-0.05, 0) is 25.7 Å². The zero-order chi connectivity index (χ0) is 12.3. The van der Waals surface area contributed by atoms with Crippen molar-refractivity contribution < 1.29 is 18.8 Å². The second kappa shape index (κ2) is 5.27. The van der Waals surface area contributed by atoms with Gasteiger partial charge in [-0.1, -0.05) is 5.16 Å². The lowest BCUT2D eigenvalue weighted by Gasteiger charge is -2.10. The maximum absolute atomic E-state index is 11.1. The average molecular weight is 240 g/mol. The summed E-state index contributed by atoms with van der Waals surface area (Å²) in [6.07, 6.45) is 2.17. The van der Waals surface area contributed by atoms with Crippen LogP contribution in [-0.2, 0) is 20.7 Å². The lowest BCUT2D eigenvalue weighted by Crippen LogP contribution is -2.09. The van der Waals surface area contributed by atoms with Gasteiger partial charge in [0.2, 0.25) is 11.7 Å². The van der Waals surface area contributed by atoms with Crippen LogP contribution in [0.15, 0.2) is 4.52 Å². The molecule has 0 radical (unpaired) electrons. The molecular weight excluding hydrogens is 224 g/mol. The Morgan fingerprint density at radius 2 is 2.35 bits per heavy atom. The highest BCUT2D eigenvalue weighted by molar-refractivity contribution is 5.71. The smallest absolute Gasteiger partial charge is 0.315 e. The van der Waals surface area contributed by atoms with E-state index in [4.69, 9.17) is 9.26 Å². The summed E-state index contributed by atoms with van der Waals surface area (Å²) in [7, 11) is 1.33. The van der Waals surface area contributed by atoms with Crippen LogP contribution in [0.2, 0.25) is 0 Å². The number of methoxy groups -OCH3 is 1. The molecule has 2 rings (SSSR count). The summed E-state index contributed by atoms with van der Waals surface area (Å²) in [5.41, 5.74) is 0. The SMILES string of the molecule is CCOC(c1noc(CC(=O)OC)n1)C1CC1. The Hall–Kier alpha value is -1.43. The zero-order valence-corrected chi connectivity index (χ0v) is 10.0. The predicted molar refractivity (Wildman–Crippen MR) is 57.1 cm³/mol. The zero-order valence-electron chi connectivity index (χ0n) is 10.0. The van der Waals surface area contributed by atoms with E-state index in [0.29, 0.717) is 18.3 Å². The first-order valence-corrected chi connectivity index (χ1v) is 5.75. The van der Waals surface area contributed by atoms with E-state index in [1.54, 1.807) is 0 Å². The molecule has 1 atom stereocenters. The highest BCUT2D eigenvalue weighted by Crippen LogP contribution is 2.42. The maximum Gasteiger partial charge on any atom is 0.315 e. The molecule has 17 heavy (non-hydrogen) atoms. The number of nitrogens with zero attached hydrogens (tertiary/aromatic N) is 2. The van der Waals surface area contributed by atoms with Gasteiger partial charge >= 0.3 is 5.97 Å². The van der Waals surface area contributed by atoms with E-state index in [2.05, 4.69) is 14.9 Å². The van der Waals surface area contributed by atoms with Crippen LogP contribution in [0.4, 0.5) is 0 Å². The number of carbonyl (C=O) groups excluding carboxylic acids is 1. The molecule has 1 aromatic rings.